The van der Waals surface area contributed by atoms with E-state index in [-0.39, 0.29) is 0 Å². The smallest absolute Gasteiger partial charge is 0.159 e. The maximum absolute atomic E-state index is 7.04. The van der Waals surface area contributed by atoms with Gasteiger partial charge >= 0.3 is 0 Å². The number of para-hydroxylation sites is 1. The van der Waals surface area contributed by atoms with Gasteiger partial charge < -0.3 is 13.7 Å². The van der Waals surface area contributed by atoms with Gasteiger partial charge in [-0.2, -0.15) is 0 Å². The number of hydrogen-bond acceptors (Lipinski definition) is 3. The van der Waals surface area contributed by atoms with Gasteiger partial charge in [-0.15, -0.1) is 0 Å². The van der Waals surface area contributed by atoms with E-state index in [2.05, 4.69) is 248 Å². The van der Waals surface area contributed by atoms with E-state index in [9.17, 15) is 0 Å². The molecule has 0 bridgehead atoms. The van der Waals surface area contributed by atoms with E-state index in [1.165, 1.54) is 21.9 Å². The van der Waals surface area contributed by atoms with Crippen LogP contribution in [0.4, 0.5) is 17.1 Å². The molecule has 11 aromatic carbocycles. The summed E-state index contributed by atoms with van der Waals surface area (Å²) in [7, 11) is 0. The van der Waals surface area contributed by atoms with Crippen LogP contribution in [-0.4, -0.2) is 0 Å². The zero-order valence-corrected chi connectivity index (χ0v) is 36.4. The van der Waals surface area contributed by atoms with Gasteiger partial charge in [0, 0.05) is 27.4 Å². The molecule has 3 heteroatoms. The van der Waals surface area contributed by atoms with Crippen LogP contribution in [0.15, 0.2) is 258 Å². The second kappa shape index (κ2) is 16.0. The molecule has 0 aliphatic carbocycles. The summed E-state index contributed by atoms with van der Waals surface area (Å²) >= 11 is 0. The Hall–Kier alpha value is -8.92. The molecule has 0 unspecified atom stereocenters. The molecular weight excluding hydrogens is 815 g/mol. The third-order valence-electron chi connectivity index (χ3n) is 13.3. The highest BCUT2D eigenvalue weighted by Gasteiger charge is 2.25. The van der Waals surface area contributed by atoms with Crippen molar-refractivity contribution < 1.29 is 8.83 Å². The highest BCUT2D eigenvalue weighted by molar-refractivity contribution is 6.19. The van der Waals surface area contributed by atoms with Gasteiger partial charge in [-0.25, -0.2) is 0 Å². The summed E-state index contributed by atoms with van der Waals surface area (Å²) < 4.78 is 14.1. The van der Waals surface area contributed by atoms with E-state index in [0.29, 0.717) is 0 Å². The van der Waals surface area contributed by atoms with Gasteiger partial charge in [0.25, 0.3) is 0 Å². The first-order chi connectivity index (χ1) is 33.2. The summed E-state index contributed by atoms with van der Waals surface area (Å²) in [5, 5.41) is 6.69. The number of nitrogens with zero attached hydrogens (tertiary/aromatic N) is 1. The molecule has 0 saturated carbocycles. The van der Waals surface area contributed by atoms with Crippen LogP contribution in [0.2, 0.25) is 0 Å². The van der Waals surface area contributed by atoms with Crippen LogP contribution in [0.1, 0.15) is 0 Å². The van der Waals surface area contributed by atoms with Crippen LogP contribution in [0.3, 0.4) is 0 Å². The van der Waals surface area contributed by atoms with Gasteiger partial charge in [-0.05, 0) is 122 Å². The average molecular weight is 856 g/mol. The Bertz CT molecular complexity index is 3940. The minimum absolute atomic E-state index is 0.815. The van der Waals surface area contributed by atoms with E-state index < -0.39 is 0 Å². The fraction of sp³-hybridized carbons (Fsp3) is 0. The largest absolute Gasteiger partial charge is 0.455 e. The molecule has 0 aliphatic heterocycles. The number of fused-ring (bicyclic) bond motifs is 7. The Morgan fingerprint density at radius 2 is 0.761 bits per heavy atom. The molecule has 0 atom stereocenters. The van der Waals surface area contributed by atoms with Crippen LogP contribution in [0, 0.1) is 0 Å². The zero-order chi connectivity index (χ0) is 44.3. The van der Waals surface area contributed by atoms with Gasteiger partial charge in [0.1, 0.15) is 16.7 Å². The van der Waals surface area contributed by atoms with Gasteiger partial charge in [-0.3, -0.25) is 0 Å². The Labute approximate surface area is 388 Å². The van der Waals surface area contributed by atoms with Crippen LogP contribution in [-0.2, 0) is 0 Å². The van der Waals surface area contributed by atoms with E-state index in [0.717, 1.165) is 105 Å². The van der Waals surface area contributed by atoms with Crippen LogP contribution in [0.5, 0.6) is 0 Å². The van der Waals surface area contributed by atoms with Crippen molar-refractivity contribution in [2.45, 2.75) is 0 Å². The lowest BCUT2D eigenvalue weighted by atomic mass is 9.97. The monoisotopic (exact) mass is 855 g/mol. The zero-order valence-electron chi connectivity index (χ0n) is 36.4. The highest BCUT2D eigenvalue weighted by atomic mass is 16.3. The van der Waals surface area contributed by atoms with Crippen molar-refractivity contribution in [3.63, 3.8) is 0 Å². The second-order valence-electron chi connectivity index (χ2n) is 17.2. The molecule has 2 heterocycles. The van der Waals surface area contributed by atoms with E-state index in [4.69, 9.17) is 8.83 Å². The molecule has 0 N–H and O–H groups in total. The predicted molar refractivity (Wildman–Crippen MR) is 280 cm³/mol. The molecule has 0 aliphatic rings. The summed E-state index contributed by atoms with van der Waals surface area (Å²) in [5.41, 5.74) is 17.6. The molecule has 2 aromatic heterocycles. The SMILES string of the molecule is c1ccc(-c2ccc3c(c2)oc2c(N(c4ccc(-c5ccc(-c6ccc7ccccc7c6)cc5)cc4)c4ccc(-c5ccccc5)c5oc6cc(-c7ccccc7)ccc6c45)cccc23)cc1. The predicted octanol–water partition coefficient (Wildman–Crippen LogP) is 18.4. The van der Waals surface area contributed by atoms with Crippen LogP contribution < -0.4 is 4.90 Å². The summed E-state index contributed by atoms with van der Waals surface area (Å²) in [5.74, 6) is 0. The van der Waals surface area contributed by atoms with Crippen molar-refractivity contribution in [1.82, 2.24) is 0 Å². The molecule has 13 aromatic rings. The van der Waals surface area contributed by atoms with Crippen molar-refractivity contribution in [3.8, 4) is 55.6 Å². The molecule has 0 saturated heterocycles. The minimum Gasteiger partial charge on any atom is -0.455 e. The third-order valence-corrected chi connectivity index (χ3v) is 13.3. The summed E-state index contributed by atoms with van der Waals surface area (Å²) in [6.07, 6.45) is 0. The summed E-state index contributed by atoms with van der Waals surface area (Å²) in [4.78, 5) is 2.35. The second-order valence-corrected chi connectivity index (χ2v) is 17.2. The molecule has 0 radical (unpaired) electrons. The Morgan fingerprint density at radius 1 is 0.269 bits per heavy atom. The molecule has 0 amide bonds. The first kappa shape index (κ1) is 38.5. The van der Waals surface area contributed by atoms with Crippen molar-refractivity contribution in [3.05, 3.63) is 249 Å². The van der Waals surface area contributed by atoms with Gasteiger partial charge in [-0.1, -0.05) is 188 Å². The molecule has 0 spiro atoms. The van der Waals surface area contributed by atoms with Gasteiger partial charge in [0.2, 0.25) is 0 Å². The van der Waals surface area contributed by atoms with Crippen molar-refractivity contribution in [2.75, 3.05) is 4.90 Å². The maximum Gasteiger partial charge on any atom is 0.159 e. The maximum atomic E-state index is 7.04. The molecule has 314 valence electrons. The standard InChI is InChI=1S/C64H41NO2/c1-4-13-42(14-5-1)51-31-35-55-56-21-12-22-59(63(56)66-60(55)40-51)65(53-33-29-46(30-34-53)45-23-25-47(26-24-45)50-28-27-44-17-10-11-20-49(44)39-50)58-38-37-54(48-18-8-3-9-19-48)64-62(58)57-36-32-52(41-61(57)67-64)43-15-6-2-7-16-43/h1-41H. The van der Waals surface area contributed by atoms with Crippen molar-refractivity contribution >= 4 is 71.7 Å². The lowest BCUT2D eigenvalue weighted by Crippen LogP contribution is -2.10. The number of furan rings is 2. The normalized spacial score (nSPS) is 11.6. The number of hydrogen-bond donors (Lipinski definition) is 0. The van der Waals surface area contributed by atoms with Crippen LogP contribution in [0.25, 0.3) is 110 Å². The molecular formula is C64H41NO2. The molecule has 13 rings (SSSR count). The fourth-order valence-electron chi connectivity index (χ4n) is 9.91. The Balaban J connectivity index is 0.993. The topological polar surface area (TPSA) is 29.5 Å². The highest BCUT2D eigenvalue weighted by Crippen LogP contribution is 2.49. The first-order valence-corrected chi connectivity index (χ1v) is 22.8. The summed E-state index contributed by atoms with van der Waals surface area (Å²) in [6.45, 7) is 0. The van der Waals surface area contributed by atoms with Crippen LogP contribution >= 0.6 is 0 Å². The summed E-state index contributed by atoms with van der Waals surface area (Å²) in [6, 6.07) is 88.6. The van der Waals surface area contributed by atoms with Crippen molar-refractivity contribution in [2.24, 2.45) is 0 Å². The Kier molecular flexibility index (Phi) is 9.17. The fourth-order valence-corrected chi connectivity index (χ4v) is 9.91. The van der Waals surface area contributed by atoms with Gasteiger partial charge in [0.05, 0.1) is 16.8 Å². The number of benzene rings is 11. The third kappa shape index (κ3) is 6.76. The average Bonchev–Trinajstić information content (AvgIpc) is 3.98. The van der Waals surface area contributed by atoms with Crippen molar-refractivity contribution in [1.29, 1.82) is 0 Å². The van der Waals surface area contributed by atoms with E-state index in [1.54, 1.807) is 0 Å². The van der Waals surface area contributed by atoms with Gasteiger partial charge in [0.15, 0.2) is 5.58 Å². The minimum atomic E-state index is 0.815. The molecule has 0 fully saturated rings. The number of rotatable bonds is 8. The van der Waals surface area contributed by atoms with E-state index in [1.807, 2.05) is 6.07 Å². The Morgan fingerprint density at radius 3 is 1.43 bits per heavy atom. The van der Waals surface area contributed by atoms with E-state index >= 15 is 0 Å². The lowest BCUT2D eigenvalue weighted by molar-refractivity contribution is 0.668. The first-order valence-electron chi connectivity index (χ1n) is 22.8. The lowest BCUT2D eigenvalue weighted by Gasteiger charge is -2.27. The number of anilines is 3. The molecule has 67 heavy (non-hydrogen) atoms. The quantitative estimate of drug-likeness (QED) is 0.152. The molecule has 3 nitrogen and oxygen atoms in total.